The number of hydrogen-bond donors (Lipinski definition) is 2. The first kappa shape index (κ1) is 17.0. The summed E-state index contributed by atoms with van der Waals surface area (Å²) in [5.74, 6) is 0.924. The molecule has 0 spiro atoms. The maximum Gasteiger partial charge on any atom is 0.289 e. The highest BCUT2D eigenvalue weighted by Crippen LogP contribution is 2.16. The highest BCUT2D eigenvalue weighted by atomic mass is 16.5. The number of carbonyl (C=O) groups is 2. The Kier molecular flexibility index (Phi) is 5.35. The van der Waals surface area contributed by atoms with E-state index in [2.05, 4.69) is 5.32 Å². The zero-order valence-corrected chi connectivity index (χ0v) is 14.2. The molecule has 1 aliphatic heterocycles. The molecular weight excluding hydrogens is 322 g/mol. The smallest absolute Gasteiger partial charge is 0.289 e. The third-order valence-electron chi connectivity index (χ3n) is 4.25. The quantitative estimate of drug-likeness (QED) is 0.816. The standard InChI is InChI=1S/C18H21N3O4/c1-24-15-5-2-4-14(12-15)19-17(22)13-20-7-9-21(10-8-20)18(23)16-6-3-11-25-16/h2-6,11-12H,7-10,13H2,1H3,(H,19,22)/p+1. The van der Waals surface area contributed by atoms with E-state index in [1.165, 1.54) is 6.26 Å². The molecule has 2 N–H and O–H groups in total. The number of rotatable bonds is 5. The van der Waals surface area contributed by atoms with Crippen molar-refractivity contribution in [2.45, 2.75) is 0 Å². The molecule has 2 heterocycles. The number of ether oxygens (including phenoxy) is 1. The summed E-state index contributed by atoms with van der Waals surface area (Å²) < 4.78 is 10.3. The van der Waals surface area contributed by atoms with Crippen LogP contribution in [0.4, 0.5) is 5.69 Å². The van der Waals surface area contributed by atoms with Crippen LogP contribution in [0.15, 0.2) is 47.1 Å². The highest BCUT2D eigenvalue weighted by Gasteiger charge is 2.27. The lowest BCUT2D eigenvalue weighted by atomic mass is 10.2. The number of benzene rings is 1. The Balaban J connectivity index is 1.47. The first-order chi connectivity index (χ1) is 12.2. The molecule has 2 aromatic rings. The predicted molar refractivity (Wildman–Crippen MR) is 91.8 cm³/mol. The van der Waals surface area contributed by atoms with Gasteiger partial charge >= 0.3 is 0 Å². The summed E-state index contributed by atoms with van der Waals surface area (Å²) in [4.78, 5) is 27.4. The van der Waals surface area contributed by atoms with Crippen LogP contribution >= 0.6 is 0 Å². The molecule has 7 heteroatoms. The van der Waals surface area contributed by atoms with Crippen LogP contribution in [0.1, 0.15) is 10.6 Å². The second-order valence-electron chi connectivity index (χ2n) is 5.98. The number of anilines is 1. The van der Waals surface area contributed by atoms with Crippen molar-refractivity contribution < 1.29 is 23.6 Å². The molecule has 0 saturated carbocycles. The molecule has 0 aliphatic carbocycles. The minimum Gasteiger partial charge on any atom is -0.497 e. The number of furan rings is 1. The van der Waals surface area contributed by atoms with Gasteiger partial charge in [-0.1, -0.05) is 6.07 Å². The Morgan fingerprint density at radius 3 is 2.72 bits per heavy atom. The predicted octanol–water partition coefficient (Wildman–Crippen LogP) is 0.268. The Bertz CT molecular complexity index is 722. The van der Waals surface area contributed by atoms with Gasteiger partial charge in [0.2, 0.25) is 0 Å². The van der Waals surface area contributed by atoms with Crippen molar-refractivity contribution in [3.63, 3.8) is 0 Å². The molecule has 25 heavy (non-hydrogen) atoms. The lowest BCUT2D eigenvalue weighted by Crippen LogP contribution is -3.15. The summed E-state index contributed by atoms with van der Waals surface area (Å²) in [5, 5.41) is 2.88. The minimum absolute atomic E-state index is 0.0472. The molecule has 1 aliphatic rings. The van der Waals surface area contributed by atoms with E-state index >= 15 is 0 Å². The topological polar surface area (TPSA) is 76.2 Å². The summed E-state index contributed by atoms with van der Waals surface area (Å²) in [6.07, 6.45) is 1.50. The minimum atomic E-state index is -0.0927. The summed E-state index contributed by atoms with van der Waals surface area (Å²) in [6, 6.07) is 10.7. The first-order valence-electron chi connectivity index (χ1n) is 8.26. The van der Waals surface area contributed by atoms with Crippen molar-refractivity contribution in [3.8, 4) is 5.75 Å². The molecule has 0 unspecified atom stereocenters. The van der Waals surface area contributed by atoms with Crippen molar-refractivity contribution in [1.82, 2.24) is 4.90 Å². The second-order valence-corrected chi connectivity index (χ2v) is 5.98. The van der Waals surface area contributed by atoms with Crippen LogP contribution in [-0.2, 0) is 4.79 Å². The van der Waals surface area contributed by atoms with Crippen molar-refractivity contribution in [1.29, 1.82) is 0 Å². The molecule has 2 amide bonds. The average Bonchev–Trinajstić information content (AvgIpc) is 3.16. The summed E-state index contributed by atoms with van der Waals surface area (Å²) in [7, 11) is 1.59. The van der Waals surface area contributed by atoms with Gasteiger partial charge in [0.1, 0.15) is 5.75 Å². The van der Waals surface area contributed by atoms with E-state index < -0.39 is 0 Å². The van der Waals surface area contributed by atoms with Gasteiger partial charge in [-0.3, -0.25) is 9.59 Å². The first-order valence-corrected chi connectivity index (χ1v) is 8.26. The van der Waals surface area contributed by atoms with Gasteiger partial charge in [-0.05, 0) is 24.3 Å². The molecule has 0 radical (unpaired) electrons. The van der Waals surface area contributed by atoms with E-state index in [0.29, 0.717) is 31.1 Å². The number of nitrogens with zero attached hydrogens (tertiary/aromatic N) is 1. The number of hydrogen-bond acceptors (Lipinski definition) is 4. The molecule has 1 fully saturated rings. The van der Waals surface area contributed by atoms with Gasteiger partial charge in [0.15, 0.2) is 12.3 Å². The molecule has 7 nitrogen and oxygen atoms in total. The fourth-order valence-corrected chi connectivity index (χ4v) is 2.89. The summed E-state index contributed by atoms with van der Waals surface area (Å²) >= 11 is 0. The van der Waals surface area contributed by atoms with Crippen molar-refractivity contribution >= 4 is 17.5 Å². The van der Waals surface area contributed by atoms with Crippen LogP contribution in [0.5, 0.6) is 5.75 Å². The number of quaternary nitrogens is 1. The highest BCUT2D eigenvalue weighted by molar-refractivity contribution is 5.92. The van der Waals surface area contributed by atoms with Crippen LogP contribution in [0, 0.1) is 0 Å². The van der Waals surface area contributed by atoms with Crippen LogP contribution in [0.25, 0.3) is 0 Å². The van der Waals surface area contributed by atoms with Gasteiger partial charge in [-0.2, -0.15) is 0 Å². The van der Waals surface area contributed by atoms with Crippen LogP contribution in [0.2, 0.25) is 0 Å². The van der Waals surface area contributed by atoms with E-state index in [1.807, 2.05) is 18.2 Å². The molecule has 0 bridgehead atoms. The number of carbonyl (C=O) groups excluding carboxylic acids is 2. The Morgan fingerprint density at radius 1 is 1.24 bits per heavy atom. The maximum absolute atomic E-state index is 12.2. The molecular formula is C18H22N3O4+. The molecule has 1 aromatic carbocycles. The maximum atomic E-state index is 12.2. The van der Waals surface area contributed by atoms with Crippen molar-refractivity contribution in [3.05, 3.63) is 48.4 Å². The molecule has 132 valence electrons. The Morgan fingerprint density at radius 2 is 2.04 bits per heavy atom. The van der Waals surface area contributed by atoms with Crippen LogP contribution in [0.3, 0.4) is 0 Å². The lowest BCUT2D eigenvalue weighted by molar-refractivity contribution is -0.895. The van der Waals surface area contributed by atoms with Gasteiger partial charge in [0.05, 0.1) is 39.6 Å². The van der Waals surface area contributed by atoms with Gasteiger partial charge in [0, 0.05) is 11.8 Å². The van der Waals surface area contributed by atoms with E-state index in [1.54, 1.807) is 30.2 Å². The van der Waals surface area contributed by atoms with Gasteiger partial charge < -0.3 is 24.3 Å². The average molecular weight is 344 g/mol. The number of amides is 2. The van der Waals surface area contributed by atoms with E-state index in [0.717, 1.165) is 23.7 Å². The number of nitrogens with one attached hydrogen (secondary N) is 2. The Labute approximate surface area is 146 Å². The number of piperazine rings is 1. The van der Waals surface area contributed by atoms with Crippen molar-refractivity contribution in [2.75, 3.05) is 45.2 Å². The van der Waals surface area contributed by atoms with E-state index in [9.17, 15) is 9.59 Å². The fraction of sp³-hybridized carbons (Fsp3) is 0.333. The molecule has 1 aromatic heterocycles. The molecule has 1 saturated heterocycles. The summed E-state index contributed by atoms with van der Waals surface area (Å²) in [5.41, 5.74) is 0.718. The fourth-order valence-electron chi connectivity index (χ4n) is 2.89. The summed E-state index contributed by atoms with van der Waals surface area (Å²) in [6.45, 7) is 3.07. The number of methoxy groups -OCH3 is 1. The lowest BCUT2D eigenvalue weighted by Gasteiger charge is -2.31. The zero-order chi connectivity index (χ0) is 17.6. The zero-order valence-electron chi connectivity index (χ0n) is 14.2. The van der Waals surface area contributed by atoms with Crippen LogP contribution in [-0.4, -0.2) is 56.5 Å². The van der Waals surface area contributed by atoms with Gasteiger partial charge in [0.25, 0.3) is 11.8 Å². The SMILES string of the molecule is COc1cccc(NC(=O)C[NH+]2CCN(C(=O)c3ccco3)CC2)c1. The van der Waals surface area contributed by atoms with E-state index in [4.69, 9.17) is 9.15 Å². The Hall–Kier alpha value is -2.80. The van der Waals surface area contributed by atoms with Crippen LogP contribution < -0.4 is 15.0 Å². The second kappa shape index (κ2) is 7.85. The normalized spacial score (nSPS) is 15.0. The van der Waals surface area contributed by atoms with Crippen molar-refractivity contribution in [2.24, 2.45) is 0 Å². The molecule has 0 atom stereocenters. The third-order valence-corrected chi connectivity index (χ3v) is 4.25. The molecule has 3 rings (SSSR count). The van der Waals surface area contributed by atoms with Gasteiger partial charge in [-0.15, -0.1) is 0 Å². The van der Waals surface area contributed by atoms with E-state index in [-0.39, 0.29) is 11.8 Å². The van der Waals surface area contributed by atoms with Gasteiger partial charge in [-0.25, -0.2) is 0 Å². The third kappa shape index (κ3) is 4.39. The largest absolute Gasteiger partial charge is 0.497 e. The monoisotopic (exact) mass is 344 g/mol.